The van der Waals surface area contributed by atoms with Crippen LogP contribution in [0.1, 0.15) is 13.3 Å². The van der Waals surface area contributed by atoms with Gasteiger partial charge in [-0.05, 0) is 19.4 Å². The van der Waals surface area contributed by atoms with Crippen molar-refractivity contribution in [2.75, 3.05) is 20.6 Å². The van der Waals surface area contributed by atoms with Crippen LogP contribution in [0.2, 0.25) is 0 Å². The van der Waals surface area contributed by atoms with E-state index >= 15 is 0 Å². The van der Waals surface area contributed by atoms with Crippen LogP contribution in [-0.2, 0) is 9.59 Å². The van der Waals surface area contributed by atoms with Crippen molar-refractivity contribution in [1.82, 2.24) is 5.32 Å². The average molecular weight is 335 g/mol. The topological polar surface area (TPSA) is 109 Å². The lowest BCUT2D eigenvalue weighted by molar-refractivity contribution is -0.122. The van der Waals surface area contributed by atoms with Crippen molar-refractivity contribution in [2.45, 2.75) is 13.3 Å². The summed E-state index contributed by atoms with van der Waals surface area (Å²) in [7, 11) is 3.13. The van der Waals surface area contributed by atoms with Gasteiger partial charge < -0.3 is 11.1 Å². The molecule has 0 saturated heterocycles. The standard InChI is InChI=1S/C16H22FN5O2/c1-4-12(17)7-5-6-8-22-16(24)14(15(18)23)11-21-10-13(20-3)9-19-2/h4-5,7,9-11H,6,8H2,1-3H3,(H2,18,23)(H,22,24)/b7-5-,12-4+,14-11+,19-9?,20-13?,21-10?. The van der Waals surface area contributed by atoms with Gasteiger partial charge in [0.25, 0.3) is 11.8 Å². The van der Waals surface area contributed by atoms with Crippen LogP contribution in [-0.4, -0.2) is 50.6 Å². The summed E-state index contributed by atoms with van der Waals surface area (Å²) in [5.74, 6) is -1.92. The highest BCUT2D eigenvalue weighted by Crippen LogP contribution is 1.98. The summed E-state index contributed by atoms with van der Waals surface area (Å²) in [5, 5.41) is 2.50. The van der Waals surface area contributed by atoms with Gasteiger partial charge in [0.1, 0.15) is 11.4 Å². The second-order valence-corrected chi connectivity index (χ2v) is 4.34. The van der Waals surface area contributed by atoms with Crippen molar-refractivity contribution in [2.24, 2.45) is 20.7 Å². The predicted octanol–water partition coefficient (Wildman–Crippen LogP) is 1.13. The Morgan fingerprint density at radius 2 is 1.96 bits per heavy atom. The van der Waals surface area contributed by atoms with Gasteiger partial charge >= 0.3 is 0 Å². The van der Waals surface area contributed by atoms with E-state index in [2.05, 4.69) is 20.3 Å². The van der Waals surface area contributed by atoms with E-state index in [4.69, 9.17) is 5.73 Å². The maximum absolute atomic E-state index is 12.8. The van der Waals surface area contributed by atoms with Crippen molar-refractivity contribution in [1.29, 1.82) is 0 Å². The number of hydrogen-bond acceptors (Lipinski definition) is 5. The average Bonchev–Trinajstić information content (AvgIpc) is 2.56. The van der Waals surface area contributed by atoms with Crippen LogP contribution in [0.5, 0.6) is 0 Å². The van der Waals surface area contributed by atoms with E-state index < -0.39 is 11.8 Å². The molecule has 0 fully saturated rings. The third kappa shape index (κ3) is 9.19. The number of carbonyl (C=O) groups excluding carboxylic acids is 2. The summed E-state index contributed by atoms with van der Waals surface area (Å²) in [6.07, 6.45) is 8.45. The molecule has 3 N–H and O–H groups in total. The fourth-order valence-electron chi connectivity index (χ4n) is 1.36. The van der Waals surface area contributed by atoms with Gasteiger partial charge in [-0.15, -0.1) is 0 Å². The molecule has 0 heterocycles. The number of nitrogens with zero attached hydrogens (tertiary/aromatic N) is 3. The zero-order chi connectivity index (χ0) is 18.4. The fraction of sp³-hybridized carbons (Fsp3) is 0.312. The lowest BCUT2D eigenvalue weighted by Crippen LogP contribution is -2.32. The Morgan fingerprint density at radius 1 is 1.25 bits per heavy atom. The number of nitrogens with two attached hydrogens (primary N) is 1. The van der Waals surface area contributed by atoms with Crippen LogP contribution in [0.15, 0.2) is 50.8 Å². The Morgan fingerprint density at radius 3 is 2.50 bits per heavy atom. The molecule has 0 saturated carbocycles. The molecule has 0 radical (unpaired) electrons. The number of aliphatic imine (C=N–C) groups is 3. The van der Waals surface area contributed by atoms with E-state index in [0.29, 0.717) is 12.1 Å². The van der Waals surface area contributed by atoms with Crippen LogP contribution >= 0.6 is 0 Å². The van der Waals surface area contributed by atoms with E-state index in [1.165, 1.54) is 24.6 Å². The van der Waals surface area contributed by atoms with Gasteiger partial charge in [0.15, 0.2) is 0 Å². The summed E-state index contributed by atoms with van der Waals surface area (Å²) >= 11 is 0. The van der Waals surface area contributed by atoms with Crippen LogP contribution in [0.4, 0.5) is 4.39 Å². The first-order valence-electron chi connectivity index (χ1n) is 7.14. The highest BCUT2D eigenvalue weighted by Gasteiger charge is 2.14. The molecule has 0 aromatic heterocycles. The van der Waals surface area contributed by atoms with Gasteiger partial charge in [-0.2, -0.15) is 0 Å². The molecule has 0 aromatic rings. The van der Waals surface area contributed by atoms with Crippen molar-refractivity contribution in [3.8, 4) is 0 Å². The molecule has 0 atom stereocenters. The smallest absolute Gasteiger partial charge is 0.258 e. The van der Waals surface area contributed by atoms with Gasteiger partial charge in [0.05, 0.1) is 11.9 Å². The maximum Gasteiger partial charge on any atom is 0.258 e. The minimum absolute atomic E-state index is 0.227. The number of hydrogen-bond donors (Lipinski definition) is 2. The van der Waals surface area contributed by atoms with Gasteiger partial charge in [0.2, 0.25) is 0 Å². The summed E-state index contributed by atoms with van der Waals surface area (Å²) in [4.78, 5) is 34.7. The molecule has 0 bridgehead atoms. The Kier molecular flexibility index (Phi) is 11.1. The van der Waals surface area contributed by atoms with E-state index in [1.54, 1.807) is 27.1 Å². The zero-order valence-corrected chi connectivity index (χ0v) is 14.0. The first kappa shape index (κ1) is 21.1. The first-order valence-corrected chi connectivity index (χ1v) is 7.14. The Hall–Kier alpha value is -2.90. The van der Waals surface area contributed by atoms with E-state index in [1.807, 2.05) is 0 Å². The molecule has 0 spiro atoms. The molecule has 0 aliphatic carbocycles. The summed E-state index contributed by atoms with van der Waals surface area (Å²) in [6, 6.07) is 0. The molecule has 130 valence electrons. The number of nitrogens with one attached hydrogen (secondary N) is 1. The minimum Gasteiger partial charge on any atom is -0.365 e. The SMILES string of the molecule is C/C=C(F)\C=C/CCNC(=O)/C(=C/N=CC(C=NC)=NC)C(N)=O. The monoisotopic (exact) mass is 335 g/mol. The minimum atomic E-state index is -0.903. The third-order valence-corrected chi connectivity index (χ3v) is 2.59. The Bertz CT molecular complexity index is 616. The molecule has 2 amide bonds. The number of amides is 2. The number of carbonyl (C=O) groups is 2. The van der Waals surface area contributed by atoms with Gasteiger partial charge in [-0.1, -0.05) is 12.2 Å². The summed E-state index contributed by atoms with van der Waals surface area (Å²) in [6.45, 7) is 1.80. The molecule has 0 aliphatic rings. The highest BCUT2D eigenvalue weighted by molar-refractivity contribution is 6.55. The van der Waals surface area contributed by atoms with Crippen LogP contribution in [0.25, 0.3) is 0 Å². The number of allylic oxidation sites excluding steroid dienone is 3. The molecule has 7 nitrogen and oxygen atoms in total. The lowest BCUT2D eigenvalue weighted by Gasteiger charge is -2.03. The summed E-state index contributed by atoms with van der Waals surface area (Å²) in [5.41, 5.74) is 5.34. The Labute approximate surface area is 140 Å². The molecule has 0 aromatic carbocycles. The maximum atomic E-state index is 12.8. The van der Waals surface area contributed by atoms with Crippen LogP contribution in [0.3, 0.4) is 0 Å². The van der Waals surface area contributed by atoms with E-state index in [0.717, 1.165) is 6.20 Å². The highest BCUT2D eigenvalue weighted by atomic mass is 19.1. The zero-order valence-electron chi connectivity index (χ0n) is 14.0. The van der Waals surface area contributed by atoms with Gasteiger partial charge in [-0.3, -0.25) is 24.6 Å². The molecule has 0 aliphatic heterocycles. The predicted molar refractivity (Wildman–Crippen MR) is 95.2 cm³/mol. The van der Waals surface area contributed by atoms with E-state index in [-0.39, 0.29) is 17.9 Å². The van der Waals surface area contributed by atoms with Crippen molar-refractivity contribution >= 4 is 30.0 Å². The number of rotatable bonds is 9. The molecule has 0 rings (SSSR count). The van der Waals surface area contributed by atoms with Crippen molar-refractivity contribution in [3.05, 3.63) is 35.8 Å². The molecular formula is C16H22FN5O2. The van der Waals surface area contributed by atoms with E-state index in [9.17, 15) is 14.0 Å². The third-order valence-electron chi connectivity index (χ3n) is 2.59. The second-order valence-electron chi connectivity index (χ2n) is 4.34. The quantitative estimate of drug-likeness (QED) is 0.164. The van der Waals surface area contributed by atoms with Crippen LogP contribution in [0, 0.1) is 0 Å². The molecular weight excluding hydrogens is 313 g/mol. The second kappa shape index (κ2) is 12.6. The van der Waals surface area contributed by atoms with Crippen molar-refractivity contribution in [3.63, 3.8) is 0 Å². The number of primary amides is 1. The van der Waals surface area contributed by atoms with Gasteiger partial charge in [0, 0.05) is 33.1 Å². The lowest BCUT2D eigenvalue weighted by atomic mass is 10.2. The van der Waals surface area contributed by atoms with Gasteiger partial charge in [-0.25, -0.2) is 4.39 Å². The number of halogens is 1. The molecule has 0 unspecified atom stereocenters. The Balaban J connectivity index is 4.73. The van der Waals surface area contributed by atoms with Crippen LogP contribution < -0.4 is 11.1 Å². The largest absolute Gasteiger partial charge is 0.365 e. The first-order chi connectivity index (χ1) is 11.5. The molecule has 8 heteroatoms. The molecule has 24 heavy (non-hydrogen) atoms. The van der Waals surface area contributed by atoms with Crippen molar-refractivity contribution < 1.29 is 14.0 Å². The summed E-state index contributed by atoms with van der Waals surface area (Å²) < 4.78 is 12.8. The fourth-order valence-corrected chi connectivity index (χ4v) is 1.36. The normalized spacial score (nSPS) is 14.1.